The van der Waals surface area contributed by atoms with Crippen LogP contribution in [0.5, 0.6) is 0 Å². The van der Waals surface area contributed by atoms with Gasteiger partial charge in [-0.3, -0.25) is 0 Å². The third-order valence-corrected chi connectivity index (χ3v) is 8.77. The van der Waals surface area contributed by atoms with E-state index in [-0.39, 0.29) is 0 Å². The van der Waals surface area contributed by atoms with Crippen molar-refractivity contribution in [1.82, 2.24) is 0 Å². The first-order chi connectivity index (χ1) is 8.77. The third kappa shape index (κ3) is 6.65. The molecule has 0 nitrogen and oxygen atoms in total. The van der Waals surface area contributed by atoms with E-state index in [2.05, 4.69) is 66.1 Å². The Labute approximate surface area is 136 Å². The Morgan fingerprint density at radius 2 is 1.89 bits per heavy atom. The van der Waals surface area contributed by atoms with Crippen LogP contribution in [0.4, 0.5) is 0 Å². The van der Waals surface area contributed by atoms with Crippen molar-refractivity contribution >= 4 is 53.8 Å². The van der Waals surface area contributed by atoms with Gasteiger partial charge in [-0.05, 0) is 0 Å². The maximum atomic E-state index is 2.51. The van der Waals surface area contributed by atoms with E-state index in [1.54, 1.807) is 4.47 Å². The van der Waals surface area contributed by atoms with Crippen LogP contribution >= 0.6 is 34.4 Å². The molecule has 0 atom stereocenters. The van der Waals surface area contributed by atoms with Gasteiger partial charge in [0.2, 0.25) is 0 Å². The molecule has 0 heterocycles. The number of halogens is 1. The first kappa shape index (κ1) is 16.6. The molecule has 0 fully saturated rings. The summed E-state index contributed by atoms with van der Waals surface area (Å²) in [5.41, 5.74) is 0. The van der Waals surface area contributed by atoms with Crippen molar-refractivity contribution in [2.24, 2.45) is 0 Å². The molecule has 0 aliphatic carbocycles. The number of hydrogen-bond donors (Lipinski definition) is 0. The van der Waals surface area contributed by atoms with Gasteiger partial charge in [-0.2, -0.15) is 0 Å². The van der Waals surface area contributed by atoms with E-state index in [0.717, 1.165) is 0 Å². The van der Waals surface area contributed by atoms with Crippen LogP contribution in [0.3, 0.4) is 0 Å². The molecule has 1 rings (SSSR count). The first-order valence-electron chi connectivity index (χ1n) is 6.43. The molecule has 0 aromatic heterocycles. The standard InChI is InChI=1S/C15H21ISSe/c1-3-4-5-9-12-14(15(16)17-2)18-13-10-7-6-8-11-13/h6-8,10-11H,3-5,9,12H2,1-2H3/b15-14-. The molecule has 0 aliphatic heterocycles. The van der Waals surface area contributed by atoms with Crippen molar-refractivity contribution in [3.05, 3.63) is 37.7 Å². The summed E-state index contributed by atoms with van der Waals surface area (Å²) in [6, 6.07) is 10.9. The summed E-state index contributed by atoms with van der Waals surface area (Å²) in [7, 11) is 0. The van der Waals surface area contributed by atoms with Crippen LogP contribution in [0.1, 0.15) is 39.0 Å². The van der Waals surface area contributed by atoms with E-state index in [0.29, 0.717) is 15.0 Å². The molecular formula is C15H21ISSe. The van der Waals surface area contributed by atoms with E-state index >= 15 is 0 Å². The van der Waals surface area contributed by atoms with Gasteiger partial charge in [-0.25, -0.2) is 0 Å². The predicted octanol–water partition coefficient (Wildman–Crippen LogP) is 4.95. The van der Waals surface area contributed by atoms with Crippen molar-refractivity contribution in [3.8, 4) is 0 Å². The van der Waals surface area contributed by atoms with Crippen molar-refractivity contribution < 1.29 is 0 Å². The molecule has 0 saturated heterocycles. The summed E-state index contributed by atoms with van der Waals surface area (Å²) < 4.78 is 4.68. The zero-order chi connectivity index (χ0) is 13.2. The van der Waals surface area contributed by atoms with Crippen LogP contribution in [0.25, 0.3) is 0 Å². The van der Waals surface area contributed by atoms with Crippen molar-refractivity contribution in [1.29, 1.82) is 0 Å². The molecule has 100 valence electrons. The molecule has 0 aliphatic rings. The summed E-state index contributed by atoms with van der Waals surface area (Å²) in [6.07, 6.45) is 8.90. The van der Waals surface area contributed by atoms with E-state index in [1.807, 2.05) is 11.8 Å². The fourth-order valence-corrected chi connectivity index (χ4v) is 5.46. The normalized spacial score (nSPS) is 12.4. The van der Waals surface area contributed by atoms with Gasteiger partial charge in [0.1, 0.15) is 0 Å². The van der Waals surface area contributed by atoms with Crippen molar-refractivity contribution in [2.45, 2.75) is 39.0 Å². The van der Waals surface area contributed by atoms with Crippen LogP contribution in [0.2, 0.25) is 0 Å². The third-order valence-electron chi connectivity index (χ3n) is 2.64. The molecule has 0 unspecified atom stereocenters. The molecule has 0 amide bonds. The Hall–Kier alpha value is 0.559. The molecule has 0 spiro atoms. The maximum absolute atomic E-state index is 2.51. The fraction of sp³-hybridized carbons (Fsp3) is 0.467. The number of rotatable bonds is 8. The Bertz CT molecular complexity index is 362. The number of thioether (sulfide) groups is 1. The Morgan fingerprint density at radius 3 is 2.50 bits per heavy atom. The minimum absolute atomic E-state index is 0.507. The average molecular weight is 439 g/mol. The zero-order valence-corrected chi connectivity index (χ0v) is 15.8. The van der Waals surface area contributed by atoms with Crippen molar-refractivity contribution in [2.75, 3.05) is 6.26 Å². The molecule has 18 heavy (non-hydrogen) atoms. The van der Waals surface area contributed by atoms with Crippen LogP contribution in [0, 0.1) is 0 Å². The molecule has 1 aromatic rings. The summed E-state index contributed by atoms with van der Waals surface area (Å²) in [6.45, 7) is 2.27. The van der Waals surface area contributed by atoms with Crippen LogP contribution < -0.4 is 4.46 Å². The Morgan fingerprint density at radius 1 is 1.17 bits per heavy atom. The topological polar surface area (TPSA) is 0 Å². The Kier molecular flexibility index (Phi) is 9.56. The molecule has 0 bridgehead atoms. The van der Waals surface area contributed by atoms with Gasteiger partial charge in [-0.1, -0.05) is 0 Å². The number of allylic oxidation sites excluding steroid dienone is 1. The van der Waals surface area contributed by atoms with Gasteiger partial charge in [0.05, 0.1) is 0 Å². The monoisotopic (exact) mass is 440 g/mol. The summed E-state index contributed by atoms with van der Waals surface area (Å²) in [5.74, 6) is 0. The quantitative estimate of drug-likeness (QED) is 0.314. The summed E-state index contributed by atoms with van der Waals surface area (Å²) in [5, 5.41) is 0. The van der Waals surface area contributed by atoms with Gasteiger partial charge in [0.15, 0.2) is 0 Å². The number of benzene rings is 1. The second-order valence-corrected chi connectivity index (χ2v) is 9.21. The number of unbranched alkanes of at least 4 members (excludes halogenated alkanes) is 3. The summed E-state index contributed by atoms with van der Waals surface area (Å²) in [4.78, 5) is 0. The van der Waals surface area contributed by atoms with Gasteiger partial charge in [0.25, 0.3) is 0 Å². The number of hydrogen-bond acceptors (Lipinski definition) is 1. The van der Waals surface area contributed by atoms with Crippen LogP contribution in [-0.2, 0) is 0 Å². The van der Waals surface area contributed by atoms with Crippen LogP contribution in [-0.4, -0.2) is 21.2 Å². The van der Waals surface area contributed by atoms with Crippen molar-refractivity contribution in [3.63, 3.8) is 0 Å². The van der Waals surface area contributed by atoms with E-state index in [4.69, 9.17) is 0 Å². The SMILES string of the molecule is CCCCCC/C([Se]c1ccccc1)=C(\I)SC. The van der Waals surface area contributed by atoms with Gasteiger partial charge < -0.3 is 0 Å². The molecular weight excluding hydrogens is 418 g/mol. The minimum atomic E-state index is 0.507. The predicted molar refractivity (Wildman–Crippen MR) is 95.2 cm³/mol. The second-order valence-electron chi connectivity index (χ2n) is 4.13. The zero-order valence-electron chi connectivity index (χ0n) is 11.1. The first-order valence-corrected chi connectivity index (χ1v) is 10.4. The van der Waals surface area contributed by atoms with Gasteiger partial charge in [0, 0.05) is 0 Å². The molecule has 0 saturated carbocycles. The van der Waals surface area contributed by atoms with Gasteiger partial charge in [-0.15, -0.1) is 0 Å². The fourth-order valence-electron chi connectivity index (χ4n) is 1.65. The molecule has 3 heteroatoms. The second kappa shape index (κ2) is 10.4. The van der Waals surface area contributed by atoms with E-state index in [9.17, 15) is 0 Å². The van der Waals surface area contributed by atoms with Crippen LogP contribution in [0.15, 0.2) is 37.7 Å². The van der Waals surface area contributed by atoms with E-state index in [1.165, 1.54) is 39.5 Å². The summed E-state index contributed by atoms with van der Waals surface area (Å²) >= 11 is 4.92. The molecule has 1 aromatic carbocycles. The van der Waals surface area contributed by atoms with Gasteiger partial charge >= 0.3 is 137 Å². The van der Waals surface area contributed by atoms with E-state index < -0.39 is 0 Å². The molecule has 0 radical (unpaired) electrons. The molecule has 0 N–H and O–H groups in total. The average Bonchev–Trinajstić information content (AvgIpc) is 2.42. The Balaban J connectivity index is 2.57.